The number of benzene rings is 1. The summed E-state index contributed by atoms with van der Waals surface area (Å²) in [6, 6.07) is 9.65. The molecule has 0 saturated heterocycles. The maximum absolute atomic E-state index is 3.59. The minimum absolute atomic E-state index is 0.598. The van der Waals surface area contributed by atoms with E-state index in [1.54, 1.807) is 0 Å². The minimum atomic E-state index is 0.598. The van der Waals surface area contributed by atoms with E-state index in [9.17, 15) is 0 Å². The van der Waals surface area contributed by atoms with Crippen molar-refractivity contribution >= 4 is 0 Å². The van der Waals surface area contributed by atoms with Crippen LogP contribution >= 0.6 is 0 Å². The molecule has 0 amide bonds. The molecule has 0 bridgehead atoms. The van der Waals surface area contributed by atoms with Crippen molar-refractivity contribution in [2.24, 2.45) is 11.8 Å². The number of hydrogen-bond donors (Lipinski definition) is 1. The van der Waals surface area contributed by atoms with Crippen molar-refractivity contribution in [3.05, 3.63) is 35.4 Å². The Morgan fingerprint density at radius 1 is 0.833 bits per heavy atom. The van der Waals surface area contributed by atoms with Crippen molar-refractivity contribution < 1.29 is 0 Å². The molecule has 0 saturated carbocycles. The average molecular weight is 247 g/mol. The van der Waals surface area contributed by atoms with E-state index in [-0.39, 0.29) is 0 Å². The Morgan fingerprint density at radius 3 is 1.89 bits per heavy atom. The zero-order chi connectivity index (χ0) is 13.5. The molecule has 1 N–H and O–H groups in total. The molecule has 0 aliphatic heterocycles. The van der Waals surface area contributed by atoms with Gasteiger partial charge in [-0.15, -0.1) is 0 Å². The number of hydrogen-bond acceptors (Lipinski definition) is 1. The van der Waals surface area contributed by atoms with Crippen LogP contribution in [-0.4, -0.2) is 6.04 Å². The van der Waals surface area contributed by atoms with Gasteiger partial charge in [0.05, 0.1) is 0 Å². The Hall–Kier alpha value is -0.820. The summed E-state index contributed by atoms with van der Waals surface area (Å²) < 4.78 is 0. The Bertz CT molecular complexity index is 324. The topological polar surface area (TPSA) is 12.0 Å². The van der Waals surface area contributed by atoms with E-state index in [1.807, 2.05) is 0 Å². The summed E-state index contributed by atoms with van der Waals surface area (Å²) in [6.45, 7) is 12.3. The molecule has 1 atom stereocenters. The lowest BCUT2D eigenvalue weighted by Crippen LogP contribution is -2.26. The zero-order valence-electron chi connectivity index (χ0n) is 12.7. The van der Waals surface area contributed by atoms with E-state index < -0.39 is 0 Å². The molecule has 0 aliphatic carbocycles. The molecule has 1 aromatic rings. The van der Waals surface area contributed by atoms with Gasteiger partial charge in [0.15, 0.2) is 0 Å². The van der Waals surface area contributed by atoms with E-state index in [4.69, 9.17) is 0 Å². The van der Waals surface area contributed by atoms with Gasteiger partial charge in [0.1, 0.15) is 0 Å². The molecule has 1 aromatic carbocycles. The van der Waals surface area contributed by atoms with Crippen molar-refractivity contribution in [1.29, 1.82) is 0 Å². The summed E-state index contributed by atoms with van der Waals surface area (Å²) in [5.41, 5.74) is 2.84. The molecule has 1 unspecified atom stereocenters. The molecule has 102 valence electrons. The van der Waals surface area contributed by atoms with Crippen molar-refractivity contribution in [2.75, 3.05) is 0 Å². The Labute approximate surface area is 113 Å². The second-order valence-corrected chi connectivity index (χ2v) is 6.33. The summed E-state index contributed by atoms with van der Waals surface area (Å²) >= 11 is 0. The van der Waals surface area contributed by atoms with Crippen LogP contribution in [0, 0.1) is 11.8 Å². The molecule has 0 aliphatic rings. The van der Waals surface area contributed by atoms with E-state index in [1.165, 1.54) is 24.0 Å². The molecular formula is C17H29N. The first-order valence-electron chi connectivity index (χ1n) is 7.28. The van der Waals surface area contributed by atoms with Crippen LogP contribution in [0.1, 0.15) is 52.2 Å². The first-order chi connectivity index (χ1) is 8.47. The lowest BCUT2D eigenvalue weighted by Gasteiger charge is -2.16. The molecule has 0 fully saturated rings. The number of nitrogens with one attached hydrogen (secondary N) is 1. The highest BCUT2D eigenvalue weighted by Gasteiger charge is 2.04. The largest absolute Gasteiger partial charge is 0.310 e. The summed E-state index contributed by atoms with van der Waals surface area (Å²) in [6.07, 6.45) is 2.42. The molecule has 18 heavy (non-hydrogen) atoms. The SMILES string of the molecule is CC(C)Cc1ccc(CNC(C)CC(C)C)cc1. The second kappa shape index (κ2) is 7.58. The van der Waals surface area contributed by atoms with Crippen molar-refractivity contribution in [1.82, 2.24) is 5.32 Å². The highest BCUT2D eigenvalue weighted by atomic mass is 14.9. The van der Waals surface area contributed by atoms with Gasteiger partial charge in [-0.05, 0) is 42.7 Å². The maximum atomic E-state index is 3.59. The fraction of sp³-hybridized carbons (Fsp3) is 0.647. The monoisotopic (exact) mass is 247 g/mol. The van der Waals surface area contributed by atoms with Gasteiger partial charge in [-0.2, -0.15) is 0 Å². The predicted molar refractivity (Wildman–Crippen MR) is 80.7 cm³/mol. The van der Waals surface area contributed by atoms with Crippen LogP contribution in [0.25, 0.3) is 0 Å². The Morgan fingerprint density at radius 2 is 1.39 bits per heavy atom. The highest BCUT2D eigenvalue weighted by Crippen LogP contribution is 2.10. The minimum Gasteiger partial charge on any atom is -0.310 e. The Kier molecular flexibility index (Phi) is 6.42. The summed E-state index contributed by atoms with van der Waals surface area (Å²) in [7, 11) is 0. The second-order valence-electron chi connectivity index (χ2n) is 6.33. The van der Waals surface area contributed by atoms with Crippen molar-refractivity contribution in [2.45, 2.75) is 60.0 Å². The van der Waals surface area contributed by atoms with Crippen LogP contribution in [0.2, 0.25) is 0 Å². The third-order valence-electron chi connectivity index (χ3n) is 3.15. The van der Waals surface area contributed by atoms with E-state index >= 15 is 0 Å². The molecule has 0 heterocycles. The maximum Gasteiger partial charge on any atom is 0.0207 e. The molecule has 0 aromatic heterocycles. The smallest absolute Gasteiger partial charge is 0.0207 e. The van der Waals surface area contributed by atoms with Gasteiger partial charge in [0.2, 0.25) is 0 Å². The molecule has 1 rings (SSSR count). The highest BCUT2D eigenvalue weighted by molar-refractivity contribution is 5.22. The van der Waals surface area contributed by atoms with Gasteiger partial charge < -0.3 is 5.32 Å². The van der Waals surface area contributed by atoms with Crippen molar-refractivity contribution in [3.8, 4) is 0 Å². The van der Waals surface area contributed by atoms with E-state index in [2.05, 4.69) is 64.2 Å². The molecule has 1 nitrogen and oxygen atoms in total. The molecule has 0 spiro atoms. The fourth-order valence-electron chi connectivity index (χ4n) is 2.35. The van der Waals surface area contributed by atoms with Crippen LogP contribution in [0.15, 0.2) is 24.3 Å². The fourth-order valence-corrected chi connectivity index (χ4v) is 2.35. The standard InChI is InChI=1S/C17H29N/c1-13(2)10-15(5)18-12-17-8-6-16(7-9-17)11-14(3)4/h6-9,13-15,18H,10-12H2,1-5H3. The average Bonchev–Trinajstić information content (AvgIpc) is 2.26. The van der Waals surface area contributed by atoms with Crippen LogP contribution in [0.5, 0.6) is 0 Å². The number of rotatable bonds is 7. The lowest BCUT2D eigenvalue weighted by molar-refractivity contribution is 0.441. The van der Waals surface area contributed by atoms with Gasteiger partial charge in [-0.3, -0.25) is 0 Å². The summed E-state index contributed by atoms with van der Waals surface area (Å²) in [4.78, 5) is 0. The predicted octanol–water partition coefficient (Wildman–Crippen LogP) is 4.41. The molecular weight excluding hydrogens is 218 g/mol. The lowest BCUT2D eigenvalue weighted by atomic mass is 10.0. The van der Waals surface area contributed by atoms with Gasteiger partial charge in [-0.25, -0.2) is 0 Å². The van der Waals surface area contributed by atoms with Crippen LogP contribution in [-0.2, 0) is 13.0 Å². The molecule has 1 heteroatoms. The third-order valence-corrected chi connectivity index (χ3v) is 3.15. The van der Waals surface area contributed by atoms with Gasteiger partial charge in [-0.1, -0.05) is 52.0 Å². The first kappa shape index (κ1) is 15.2. The quantitative estimate of drug-likeness (QED) is 0.752. The van der Waals surface area contributed by atoms with Gasteiger partial charge in [0.25, 0.3) is 0 Å². The first-order valence-corrected chi connectivity index (χ1v) is 7.28. The summed E-state index contributed by atoms with van der Waals surface area (Å²) in [5, 5.41) is 3.59. The van der Waals surface area contributed by atoms with Crippen molar-refractivity contribution in [3.63, 3.8) is 0 Å². The van der Waals surface area contributed by atoms with Crippen LogP contribution in [0.3, 0.4) is 0 Å². The normalized spacial score (nSPS) is 13.3. The van der Waals surface area contributed by atoms with Crippen LogP contribution < -0.4 is 5.32 Å². The van der Waals surface area contributed by atoms with Gasteiger partial charge in [0, 0.05) is 12.6 Å². The van der Waals surface area contributed by atoms with Gasteiger partial charge >= 0.3 is 0 Å². The summed E-state index contributed by atoms with van der Waals surface area (Å²) in [5.74, 6) is 1.50. The zero-order valence-corrected chi connectivity index (χ0v) is 12.7. The van der Waals surface area contributed by atoms with E-state index in [0.29, 0.717) is 6.04 Å². The molecule has 0 radical (unpaired) electrons. The van der Waals surface area contributed by atoms with Crippen LogP contribution in [0.4, 0.5) is 0 Å². The Balaban J connectivity index is 2.39. The third kappa shape index (κ3) is 6.20. The van der Waals surface area contributed by atoms with E-state index in [0.717, 1.165) is 18.4 Å².